The third-order valence-electron chi connectivity index (χ3n) is 2.30. The Kier molecular flexibility index (Phi) is 2.39. The lowest BCUT2D eigenvalue weighted by atomic mass is 10.1. The third-order valence-corrected chi connectivity index (χ3v) is 2.30. The van der Waals surface area contributed by atoms with Gasteiger partial charge in [-0.1, -0.05) is 13.0 Å². The molecular formula is C11H15N3. The number of rotatable bonds is 3. The van der Waals surface area contributed by atoms with E-state index in [0.29, 0.717) is 0 Å². The molecule has 1 heterocycles. The van der Waals surface area contributed by atoms with Gasteiger partial charge < -0.3 is 10.3 Å². The number of benzene rings is 1. The van der Waals surface area contributed by atoms with Gasteiger partial charge in [0, 0.05) is 6.54 Å². The summed E-state index contributed by atoms with van der Waals surface area (Å²) < 4.78 is 0. The van der Waals surface area contributed by atoms with Gasteiger partial charge in [-0.25, -0.2) is 4.98 Å². The van der Waals surface area contributed by atoms with Gasteiger partial charge in [-0.15, -0.1) is 0 Å². The zero-order valence-electron chi connectivity index (χ0n) is 8.59. The SMILES string of the molecule is CCNc1nc2cc(CC)ccc2[nH]1. The molecule has 1 aromatic heterocycles. The Morgan fingerprint density at radius 2 is 2.21 bits per heavy atom. The van der Waals surface area contributed by atoms with Crippen molar-refractivity contribution in [2.75, 3.05) is 11.9 Å². The van der Waals surface area contributed by atoms with Crippen LogP contribution in [0.15, 0.2) is 18.2 Å². The van der Waals surface area contributed by atoms with Crippen molar-refractivity contribution in [3.63, 3.8) is 0 Å². The molecule has 0 aliphatic heterocycles. The quantitative estimate of drug-likeness (QED) is 0.779. The molecule has 1 aromatic carbocycles. The molecule has 0 saturated carbocycles. The number of aromatic nitrogens is 2. The van der Waals surface area contributed by atoms with Gasteiger partial charge in [-0.2, -0.15) is 0 Å². The molecule has 14 heavy (non-hydrogen) atoms. The zero-order valence-corrected chi connectivity index (χ0v) is 8.59. The zero-order chi connectivity index (χ0) is 9.97. The fraction of sp³-hybridized carbons (Fsp3) is 0.364. The first-order valence-corrected chi connectivity index (χ1v) is 5.06. The predicted octanol–water partition coefficient (Wildman–Crippen LogP) is 2.56. The Hall–Kier alpha value is -1.51. The van der Waals surface area contributed by atoms with Crippen molar-refractivity contribution in [1.29, 1.82) is 0 Å². The highest BCUT2D eigenvalue weighted by Crippen LogP contribution is 2.16. The summed E-state index contributed by atoms with van der Waals surface area (Å²) in [5, 5.41) is 3.17. The van der Waals surface area contributed by atoms with Crippen molar-refractivity contribution >= 4 is 17.0 Å². The van der Waals surface area contributed by atoms with Crippen LogP contribution in [0.4, 0.5) is 5.95 Å². The largest absolute Gasteiger partial charge is 0.356 e. The highest BCUT2D eigenvalue weighted by atomic mass is 15.1. The number of imidazole rings is 1. The van der Waals surface area contributed by atoms with Crippen LogP contribution in [-0.2, 0) is 6.42 Å². The van der Waals surface area contributed by atoms with Gasteiger partial charge >= 0.3 is 0 Å². The summed E-state index contributed by atoms with van der Waals surface area (Å²) in [4.78, 5) is 7.67. The van der Waals surface area contributed by atoms with E-state index >= 15 is 0 Å². The van der Waals surface area contributed by atoms with Gasteiger partial charge in [-0.05, 0) is 31.0 Å². The number of aromatic amines is 1. The standard InChI is InChI=1S/C11H15N3/c1-3-8-5-6-9-10(7-8)14-11(13-9)12-4-2/h5-7H,3-4H2,1-2H3,(H2,12,13,14). The van der Waals surface area contributed by atoms with E-state index in [-0.39, 0.29) is 0 Å². The molecule has 2 rings (SSSR count). The number of H-pyrrole nitrogens is 1. The smallest absolute Gasteiger partial charge is 0.201 e. The van der Waals surface area contributed by atoms with Gasteiger partial charge in [-0.3, -0.25) is 0 Å². The lowest BCUT2D eigenvalue weighted by molar-refractivity contribution is 1.14. The summed E-state index contributed by atoms with van der Waals surface area (Å²) in [6, 6.07) is 6.35. The van der Waals surface area contributed by atoms with Crippen LogP contribution in [0.2, 0.25) is 0 Å². The molecule has 2 N–H and O–H groups in total. The monoisotopic (exact) mass is 189 g/mol. The maximum absolute atomic E-state index is 4.44. The molecule has 0 bridgehead atoms. The number of nitrogens with zero attached hydrogens (tertiary/aromatic N) is 1. The molecule has 0 aliphatic carbocycles. The first kappa shape index (κ1) is 9.06. The first-order valence-electron chi connectivity index (χ1n) is 5.06. The van der Waals surface area contributed by atoms with Crippen molar-refractivity contribution in [2.45, 2.75) is 20.3 Å². The number of aryl methyl sites for hydroxylation is 1. The molecular weight excluding hydrogens is 174 g/mol. The summed E-state index contributed by atoms with van der Waals surface area (Å²) in [5.41, 5.74) is 3.46. The van der Waals surface area contributed by atoms with Crippen LogP contribution in [-0.4, -0.2) is 16.5 Å². The second-order valence-corrected chi connectivity index (χ2v) is 3.32. The van der Waals surface area contributed by atoms with Crippen LogP contribution < -0.4 is 5.32 Å². The molecule has 0 amide bonds. The Labute approximate surface area is 83.6 Å². The highest BCUT2D eigenvalue weighted by molar-refractivity contribution is 5.78. The van der Waals surface area contributed by atoms with Crippen molar-refractivity contribution < 1.29 is 0 Å². The van der Waals surface area contributed by atoms with Crippen molar-refractivity contribution in [1.82, 2.24) is 9.97 Å². The molecule has 0 fully saturated rings. The van der Waals surface area contributed by atoms with E-state index in [9.17, 15) is 0 Å². The molecule has 0 aliphatic rings. The van der Waals surface area contributed by atoms with Gasteiger partial charge in [0.15, 0.2) is 0 Å². The number of anilines is 1. The topological polar surface area (TPSA) is 40.7 Å². The Bertz CT molecular complexity index is 431. The van der Waals surface area contributed by atoms with Crippen molar-refractivity contribution in [3.05, 3.63) is 23.8 Å². The maximum atomic E-state index is 4.44. The van der Waals surface area contributed by atoms with Crippen LogP contribution in [0.1, 0.15) is 19.4 Å². The molecule has 3 heteroatoms. The summed E-state index contributed by atoms with van der Waals surface area (Å²) in [7, 11) is 0. The average Bonchev–Trinajstić information content (AvgIpc) is 2.59. The summed E-state index contributed by atoms with van der Waals surface area (Å²) >= 11 is 0. The molecule has 3 nitrogen and oxygen atoms in total. The van der Waals surface area contributed by atoms with Gasteiger partial charge in [0.25, 0.3) is 0 Å². The van der Waals surface area contributed by atoms with E-state index in [4.69, 9.17) is 0 Å². The summed E-state index contributed by atoms with van der Waals surface area (Å²) in [6.07, 6.45) is 1.05. The molecule has 0 radical (unpaired) electrons. The van der Waals surface area contributed by atoms with Crippen molar-refractivity contribution in [2.24, 2.45) is 0 Å². The normalized spacial score (nSPS) is 10.7. The van der Waals surface area contributed by atoms with E-state index in [1.54, 1.807) is 0 Å². The number of hydrogen-bond donors (Lipinski definition) is 2. The predicted molar refractivity (Wildman–Crippen MR) is 59.6 cm³/mol. The van der Waals surface area contributed by atoms with Crippen molar-refractivity contribution in [3.8, 4) is 0 Å². The lowest BCUT2D eigenvalue weighted by Gasteiger charge is -1.93. The molecule has 74 valence electrons. The van der Waals surface area contributed by atoms with Crippen LogP contribution in [0.5, 0.6) is 0 Å². The van der Waals surface area contributed by atoms with E-state index in [2.05, 4.69) is 47.3 Å². The van der Waals surface area contributed by atoms with Gasteiger partial charge in [0.2, 0.25) is 5.95 Å². The Balaban J connectivity index is 2.43. The first-order chi connectivity index (χ1) is 6.83. The third kappa shape index (κ3) is 1.58. The molecule has 0 atom stereocenters. The highest BCUT2D eigenvalue weighted by Gasteiger charge is 2.01. The van der Waals surface area contributed by atoms with E-state index in [1.165, 1.54) is 5.56 Å². The van der Waals surface area contributed by atoms with Crippen LogP contribution >= 0.6 is 0 Å². The number of nitrogens with one attached hydrogen (secondary N) is 2. The van der Waals surface area contributed by atoms with Crippen LogP contribution in [0.3, 0.4) is 0 Å². The van der Waals surface area contributed by atoms with Crippen LogP contribution in [0.25, 0.3) is 11.0 Å². The fourth-order valence-corrected chi connectivity index (χ4v) is 1.52. The molecule has 0 unspecified atom stereocenters. The molecule has 0 saturated heterocycles. The molecule has 0 spiro atoms. The Morgan fingerprint density at radius 1 is 1.36 bits per heavy atom. The summed E-state index contributed by atoms with van der Waals surface area (Å²) in [6.45, 7) is 5.10. The summed E-state index contributed by atoms with van der Waals surface area (Å²) in [5.74, 6) is 0.857. The van der Waals surface area contributed by atoms with E-state index in [0.717, 1.165) is 29.9 Å². The second-order valence-electron chi connectivity index (χ2n) is 3.32. The minimum atomic E-state index is 0.857. The van der Waals surface area contributed by atoms with Gasteiger partial charge in [0.05, 0.1) is 11.0 Å². The fourth-order valence-electron chi connectivity index (χ4n) is 1.52. The Morgan fingerprint density at radius 3 is 2.93 bits per heavy atom. The number of fused-ring (bicyclic) bond motifs is 1. The van der Waals surface area contributed by atoms with E-state index < -0.39 is 0 Å². The average molecular weight is 189 g/mol. The number of hydrogen-bond acceptors (Lipinski definition) is 2. The minimum Gasteiger partial charge on any atom is -0.356 e. The van der Waals surface area contributed by atoms with Crippen LogP contribution in [0, 0.1) is 0 Å². The second kappa shape index (κ2) is 3.70. The lowest BCUT2D eigenvalue weighted by Crippen LogP contribution is -1.97. The van der Waals surface area contributed by atoms with E-state index in [1.807, 2.05) is 0 Å². The minimum absolute atomic E-state index is 0.857. The molecule has 2 aromatic rings. The van der Waals surface area contributed by atoms with Gasteiger partial charge in [0.1, 0.15) is 0 Å². The maximum Gasteiger partial charge on any atom is 0.201 e.